The van der Waals surface area contributed by atoms with E-state index in [4.69, 9.17) is 4.74 Å². The van der Waals surface area contributed by atoms with Gasteiger partial charge >= 0.3 is 0 Å². The zero-order valence-corrected chi connectivity index (χ0v) is 21.6. The van der Waals surface area contributed by atoms with Crippen LogP contribution < -0.4 is 4.74 Å². The van der Waals surface area contributed by atoms with Gasteiger partial charge in [0, 0.05) is 43.2 Å². The van der Waals surface area contributed by atoms with Crippen molar-refractivity contribution >= 4 is 15.9 Å². The van der Waals surface area contributed by atoms with Gasteiger partial charge < -0.3 is 14.7 Å². The molecule has 9 heteroatoms. The predicted molar refractivity (Wildman–Crippen MR) is 133 cm³/mol. The van der Waals surface area contributed by atoms with E-state index in [0.717, 1.165) is 0 Å². The number of ether oxygens (including phenoxy) is 1. The summed E-state index contributed by atoms with van der Waals surface area (Å²) >= 11 is 0. The highest BCUT2D eigenvalue weighted by Gasteiger charge is 2.38. The summed E-state index contributed by atoms with van der Waals surface area (Å²) in [6.45, 7) is 7.53. The molecule has 0 radical (unpaired) electrons. The maximum Gasteiger partial charge on any atom is 0.272 e. The second-order valence-electron chi connectivity index (χ2n) is 9.23. The van der Waals surface area contributed by atoms with Crippen LogP contribution in [0.3, 0.4) is 0 Å². The van der Waals surface area contributed by atoms with Crippen LogP contribution in [0.4, 0.5) is 0 Å². The number of aromatic nitrogens is 1. The fourth-order valence-electron chi connectivity index (χ4n) is 3.79. The van der Waals surface area contributed by atoms with Crippen LogP contribution in [0.15, 0.2) is 47.5 Å². The van der Waals surface area contributed by atoms with Gasteiger partial charge in [0.2, 0.25) is 10.0 Å². The molecule has 1 aromatic heterocycles. The van der Waals surface area contributed by atoms with E-state index in [-0.39, 0.29) is 48.1 Å². The van der Waals surface area contributed by atoms with Crippen molar-refractivity contribution in [2.75, 3.05) is 26.7 Å². The Labute approximate surface area is 208 Å². The van der Waals surface area contributed by atoms with Crippen LogP contribution in [0.2, 0.25) is 0 Å². The molecule has 0 unspecified atom stereocenters. The summed E-state index contributed by atoms with van der Waals surface area (Å²) < 4.78 is 34.7. The summed E-state index contributed by atoms with van der Waals surface area (Å²) in [5, 5.41) is 9.78. The number of carbonyl (C=O) groups is 1. The van der Waals surface area contributed by atoms with E-state index in [0.29, 0.717) is 11.3 Å². The minimum atomic E-state index is -3.94. The number of pyridine rings is 1. The monoisotopic (exact) mass is 499 g/mol. The van der Waals surface area contributed by atoms with E-state index >= 15 is 0 Å². The molecule has 3 atom stereocenters. The van der Waals surface area contributed by atoms with Crippen LogP contribution in [-0.2, 0) is 10.0 Å². The lowest BCUT2D eigenvalue weighted by atomic mass is 10.0. The molecule has 1 aliphatic heterocycles. The third kappa shape index (κ3) is 6.20. The lowest BCUT2D eigenvalue weighted by molar-refractivity contribution is 0.0559. The van der Waals surface area contributed by atoms with Crippen molar-refractivity contribution in [1.82, 2.24) is 14.2 Å². The van der Waals surface area contributed by atoms with Gasteiger partial charge in [0.25, 0.3) is 5.91 Å². The van der Waals surface area contributed by atoms with Crippen molar-refractivity contribution in [3.8, 4) is 17.6 Å². The third-order valence-corrected chi connectivity index (χ3v) is 7.88. The number of hydrogen-bond acceptors (Lipinski definition) is 6. The number of aliphatic hydroxyl groups is 1. The van der Waals surface area contributed by atoms with Gasteiger partial charge in [0.05, 0.1) is 13.2 Å². The highest BCUT2D eigenvalue weighted by Crippen LogP contribution is 2.34. The summed E-state index contributed by atoms with van der Waals surface area (Å²) in [5.74, 6) is 5.94. The third-order valence-electron chi connectivity index (χ3n) is 5.86. The maximum atomic E-state index is 13.5. The van der Waals surface area contributed by atoms with Crippen LogP contribution in [0.25, 0.3) is 0 Å². The van der Waals surface area contributed by atoms with Gasteiger partial charge in [-0.3, -0.25) is 9.78 Å². The van der Waals surface area contributed by atoms with Gasteiger partial charge in [-0.2, -0.15) is 4.31 Å². The molecule has 1 aliphatic rings. The zero-order valence-electron chi connectivity index (χ0n) is 20.8. The number of aliphatic hydroxyl groups excluding tert-OH is 1. The molecule has 188 valence electrons. The number of amides is 1. The number of likely N-dealkylation sites (N-methyl/N-ethyl adjacent to an activating group) is 1. The number of carbonyl (C=O) groups excluding carboxylic acids is 1. The molecular weight excluding hydrogens is 466 g/mol. The van der Waals surface area contributed by atoms with Crippen LogP contribution >= 0.6 is 0 Å². The SMILES string of the molecule is CC(C)C#Cc1ccc2c(c1)O[C@H](CN(C)C(=O)c1ccccn1)[C@H](C)CN([C@@H](C)CO)S2(=O)=O. The molecule has 8 nitrogen and oxygen atoms in total. The first-order valence-electron chi connectivity index (χ1n) is 11.7. The second kappa shape index (κ2) is 11.2. The lowest BCUT2D eigenvalue weighted by Gasteiger charge is -2.37. The van der Waals surface area contributed by atoms with Gasteiger partial charge in [-0.1, -0.05) is 38.7 Å². The minimum absolute atomic E-state index is 0.0171. The minimum Gasteiger partial charge on any atom is -0.487 e. The van der Waals surface area contributed by atoms with E-state index in [9.17, 15) is 18.3 Å². The van der Waals surface area contributed by atoms with Crippen molar-refractivity contribution in [2.24, 2.45) is 11.8 Å². The van der Waals surface area contributed by atoms with E-state index in [1.54, 1.807) is 50.5 Å². The molecule has 35 heavy (non-hydrogen) atoms. The van der Waals surface area contributed by atoms with E-state index in [2.05, 4.69) is 16.8 Å². The topological polar surface area (TPSA) is 100 Å². The fourth-order valence-corrected chi connectivity index (χ4v) is 5.61. The largest absolute Gasteiger partial charge is 0.487 e. The van der Waals surface area contributed by atoms with Crippen LogP contribution in [0.1, 0.15) is 43.7 Å². The van der Waals surface area contributed by atoms with Crippen molar-refractivity contribution in [3.63, 3.8) is 0 Å². The Balaban J connectivity index is 2.02. The summed E-state index contributed by atoms with van der Waals surface area (Å²) in [6, 6.07) is 9.31. The molecule has 0 aliphatic carbocycles. The standard InChI is InChI=1S/C26H33N3O5S/c1-18(2)9-10-21-11-12-25-23(14-21)34-24(16-28(5)26(31)22-8-6-7-13-27-22)19(3)15-29(20(4)17-30)35(25,32)33/h6-8,11-14,18-20,24,30H,15-17H2,1-5H3/t19-,20+,24-/m1/s1. The summed E-state index contributed by atoms with van der Waals surface area (Å²) in [7, 11) is -2.27. The Morgan fingerprint density at radius 1 is 1.29 bits per heavy atom. The molecular formula is C26H33N3O5S. The first-order valence-corrected chi connectivity index (χ1v) is 13.1. The first kappa shape index (κ1) is 26.7. The average molecular weight is 500 g/mol. The van der Waals surface area contributed by atoms with Gasteiger partial charge in [-0.25, -0.2) is 8.42 Å². The summed E-state index contributed by atoms with van der Waals surface area (Å²) in [5.41, 5.74) is 0.956. The van der Waals surface area contributed by atoms with Crippen molar-refractivity contribution < 1.29 is 23.1 Å². The Morgan fingerprint density at radius 3 is 2.66 bits per heavy atom. The number of rotatable bonds is 5. The van der Waals surface area contributed by atoms with Crippen LogP contribution in [0.5, 0.6) is 5.75 Å². The number of nitrogens with zero attached hydrogens (tertiary/aromatic N) is 3. The molecule has 3 rings (SSSR count). The van der Waals surface area contributed by atoms with Gasteiger partial charge in [-0.05, 0) is 37.3 Å². The van der Waals surface area contributed by atoms with E-state index in [1.165, 1.54) is 15.3 Å². The number of sulfonamides is 1. The molecule has 0 fully saturated rings. The Morgan fingerprint density at radius 2 is 2.03 bits per heavy atom. The van der Waals surface area contributed by atoms with Crippen molar-refractivity contribution in [3.05, 3.63) is 53.9 Å². The predicted octanol–water partition coefficient (Wildman–Crippen LogP) is 2.63. The number of hydrogen-bond donors (Lipinski definition) is 1. The normalized spacial score (nSPS) is 20.4. The molecule has 0 saturated heterocycles. The molecule has 1 N–H and O–H groups in total. The summed E-state index contributed by atoms with van der Waals surface area (Å²) in [6.07, 6.45) is 1.05. The maximum absolute atomic E-state index is 13.5. The first-order chi connectivity index (χ1) is 16.5. The Hall–Kier alpha value is -2.93. The van der Waals surface area contributed by atoms with Crippen molar-refractivity contribution in [2.45, 2.75) is 44.7 Å². The zero-order chi connectivity index (χ0) is 25.8. The lowest BCUT2D eigenvalue weighted by Crippen LogP contribution is -2.50. The van der Waals surface area contributed by atoms with Gasteiger partial charge in [-0.15, -0.1) is 0 Å². The fraction of sp³-hybridized carbons (Fsp3) is 0.462. The highest BCUT2D eigenvalue weighted by molar-refractivity contribution is 7.89. The molecule has 2 aromatic rings. The molecule has 1 aromatic carbocycles. The van der Waals surface area contributed by atoms with Crippen LogP contribution in [-0.4, -0.2) is 72.5 Å². The highest BCUT2D eigenvalue weighted by atomic mass is 32.2. The quantitative estimate of drug-likeness (QED) is 0.635. The van der Waals surface area contributed by atoms with Gasteiger partial charge in [0.1, 0.15) is 22.4 Å². The Kier molecular flexibility index (Phi) is 8.54. The molecule has 0 saturated carbocycles. The smallest absolute Gasteiger partial charge is 0.272 e. The van der Waals surface area contributed by atoms with E-state index < -0.39 is 22.2 Å². The van der Waals surface area contributed by atoms with Gasteiger partial charge in [0.15, 0.2) is 0 Å². The van der Waals surface area contributed by atoms with Crippen LogP contribution in [0, 0.1) is 23.7 Å². The molecule has 1 amide bonds. The van der Waals surface area contributed by atoms with E-state index in [1.807, 2.05) is 20.8 Å². The summed E-state index contributed by atoms with van der Waals surface area (Å²) in [4.78, 5) is 18.6. The Bertz CT molecular complexity index is 1200. The number of fused-ring (bicyclic) bond motifs is 1. The molecule has 0 spiro atoms. The molecule has 2 heterocycles. The molecule has 0 bridgehead atoms. The second-order valence-corrected chi connectivity index (χ2v) is 11.1. The average Bonchev–Trinajstić information content (AvgIpc) is 2.84. The van der Waals surface area contributed by atoms with Crippen molar-refractivity contribution in [1.29, 1.82) is 0 Å². The number of benzene rings is 1.